The van der Waals surface area contributed by atoms with E-state index >= 15 is 0 Å². The van der Waals surface area contributed by atoms with Crippen molar-refractivity contribution >= 4 is 27.5 Å². The molecule has 4 rings (SSSR count). The molecule has 1 aliphatic carbocycles. The first kappa shape index (κ1) is 33.1. The third kappa shape index (κ3) is 9.84. The Labute approximate surface area is 262 Å². The molecule has 1 fully saturated rings. The number of amides is 2. The Bertz CT molecular complexity index is 1430. The number of rotatable bonds is 15. The van der Waals surface area contributed by atoms with Crippen molar-refractivity contribution in [2.24, 2.45) is 0 Å². The van der Waals surface area contributed by atoms with Gasteiger partial charge in [-0.2, -0.15) is 0 Å². The highest BCUT2D eigenvalue weighted by Gasteiger charge is 2.32. The summed E-state index contributed by atoms with van der Waals surface area (Å²) in [7, 11) is -3.59. The van der Waals surface area contributed by atoms with Crippen molar-refractivity contribution in [1.29, 1.82) is 0 Å². The number of anilines is 1. The summed E-state index contributed by atoms with van der Waals surface area (Å²) in [4.78, 5) is 29.6. The number of nitrogens with one attached hydrogen (secondary N) is 1. The average molecular weight is 620 g/mol. The van der Waals surface area contributed by atoms with Gasteiger partial charge in [0.1, 0.15) is 11.8 Å². The molecule has 0 unspecified atom stereocenters. The van der Waals surface area contributed by atoms with Crippen LogP contribution in [0.5, 0.6) is 5.75 Å². The molecule has 9 heteroatoms. The van der Waals surface area contributed by atoms with E-state index in [1.165, 1.54) is 17.0 Å². The molecule has 1 aliphatic rings. The molecule has 1 saturated carbocycles. The van der Waals surface area contributed by atoms with Gasteiger partial charge in [0.15, 0.2) is 0 Å². The number of carbonyl (C=O) groups is 2. The summed E-state index contributed by atoms with van der Waals surface area (Å²) in [5.74, 6) is 0.332. The summed E-state index contributed by atoms with van der Waals surface area (Å²) >= 11 is 0. The predicted molar refractivity (Wildman–Crippen MR) is 175 cm³/mol. The van der Waals surface area contributed by atoms with E-state index in [1.807, 2.05) is 67.6 Å². The molecule has 0 aliphatic heterocycles. The fraction of sp³-hybridized carbons (Fsp3) is 0.429. The highest BCUT2D eigenvalue weighted by molar-refractivity contribution is 7.92. The van der Waals surface area contributed by atoms with Gasteiger partial charge in [-0.25, -0.2) is 8.42 Å². The van der Waals surface area contributed by atoms with Gasteiger partial charge in [-0.3, -0.25) is 13.9 Å². The number of carbonyl (C=O) groups excluding carboxylic acids is 2. The minimum Gasteiger partial charge on any atom is -0.494 e. The van der Waals surface area contributed by atoms with Crippen LogP contribution in [-0.4, -0.2) is 56.6 Å². The standard InChI is InChI=1S/C35H45N3O5S/c1-3-43-32-23-21-31(22-24-32)38(44(2,41)42)25-13-20-34(39)37(27-29-16-9-5-10-17-29)33(26-28-14-7-4-8-15-28)35(40)36-30-18-11-6-12-19-30/h4-5,7-10,14-17,21-24,30,33H,3,6,11-13,18-20,25-27H2,1-2H3,(H,36,40)/t33-/m0/s1. The smallest absolute Gasteiger partial charge is 0.243 e. The van der Waals surface area contributed by atoms with Crippen molar-refractivity contribution in [3.8, 4) is 5.75 Å². The Balaban J connectivity index is 1.55. The van der Waals surface area contributed by atoms with Gasteiger partial charge in [-0.1, -0.05) is 79.9 Å². The molecule has 3 aromatic rings. The largest absolute Gasteiger partial charge is 0.494 e. The maximum atomic E-state index is 14.0. The summed E-state index contributed by atoms with van der Waals surface area (Å²) in [5.41, 5.74) is 2.41. The third-order valence-corrected chi connectivity index (χ3v) is 9.20. The summed E-state index contributed by atoms with van der Waals surface area (Å²) in [6.07, 6.45) is 7.20. The molecular formula is C35H45N3O5S. The molecule has 2 amide bonds. The van der Waals surface area contributed by atoms with Gasteiger partial charge in [0.25, 0.3) is 0 Å². The third-order valence-electron chi connectivity index (χ3n) is 8.01. The molecule has 44 heavy (non-hydrogen) atoms. The molecule has 8 nitrogen and oxygen atoms in total. The number of sulfonamides is 1. The molecular weight excluding hydrogens is 574 g/mol. The van der Waals surface area contributed by atoms with E-state index in [-0.39, 0.29) is 37.4 Å². The minimum absolute atomic E-state index is 0.0951. The van der Waals surface area contributed by atoms with E-state index in [2.05, 4.69) is 5.32 Å². The number of hydrogen-bond donors (Lipinski definition) is 1. The van der Waals surface area contributed by atoms with Gasteiger partial charge >= 0.3 is 0 Å². The lowest BCUT2D eigenvalue weighted by molar-refractivity contribution is -0.141. The van der Waals surface area contributed by atoms with Crippen LogP contribution in [0.25, 0.3) is 0 Å². The molecule has 236 valence electrons. The Kier molecular flexibility index (Phi) is 12.2. The molecule has 1 atom stereocenters. The van der Waals surface area contributed by atoms with Gasteiger partial charge in [-0.15, -0.1) is 0 Å². The summed E-state index contributed by atoms with van der Waals surface area (Å²) < 4.78 is 32.3. The summed E-state index contributed by atoms with van der Waals surface area (Å²) in [5, 5.41) is 3.26. The minimum atomic E-state index is -3.59. The van der Waals surface area contributed by atoms with Gasteiger partial charge in [0.05, 0.1) is 18.6 Å². The number of benzene rings is 3. The van der Waals surface area contributed by atoms with Crippen molar-refractivity contribution in [2.75, 3.05) is 23.7 Å². The Morgan fingerprint density at radius 2 is 1.50 bits per heavy atom. The van der Waals surface area contributed by atoms with Crippen LogP contribution in [0.2, 0.25) is 0 Å². The Morgan fingerprint density at radius 1 is 0.886 bits per heavy atom. The van der Waals surface area contributed by atoms with Crippen LogP contribution in [-0.2, 0) is 32.6 Å². The SMILES string of the molecule is CCOc1ccc(N(CCCC(=O)N(Cc2ccccc2)[C@@H](Cc2ccccc2)C(=O)NC2CCCCC2)S(C)(=O)=O)cc1. The van der Waals surface area contributed by atoms with Crippen LogP contribution in [0.4, 0.5) is 5.69 Å². The average Bonchev–Trinajstić information content (AvgIpc) is 3.02. The van der Waals surface area contributed by atoms with Crippen LogP contribution in [0.15, 0.2) is 84.9 Å². The maximum absolute atomic E-state index is 14.0. The zero-order chi connectivity index (χ0) is 31.4. The van der Waals surface area contributed by atoms with E-state index in [0.29, 0.717) is 30.9 Å². The second kappa shape index (κ2) is 16.3. The fourth-order valence-electron chi connectivity index (χ4n) is 5.76. The molecule has 0 saturated heterocycles. The van der Waals surface area contributed by atoms with E-state index < -0.39 is 16.1 Å². The van der Waals surface area contributed by atoms with Crippen molar-refractivity contribution in [2.45, 2.75) is 76.9 Å². The van der Waals surface area contributed by atoms with Crippen molar-refractivity contribution < 1.29 is 22.7 Å². The van der Waals surface area contributed by atoms with E-state index in [4.69, 9.17) is 4.74 Å². The maximum Gasteiger partial charge on any atom is 0.243 e. The van der Waals surface area contributed by atoms with E-state index in [9.17, 15) is 18.0 Å². The predicted octanol–water partition coefficient (Wildman–Crippen LogP) is 5.72. The molecule has 0 aromatic heterocycles. The fourth-order valence-corrected chi connectivity index (χ4v) is 6.72. The zero-order valence-corrected chi connectivity index (χ0v) is 26.7. The van der Waals surface area contributed by atoms with Gasteiger partial charge in [-0.05, 0) is 61.6 Å². The van der Waals surface area contributed by atoms with Crippen LogP contribution in [0.3, 0.4) is 0 Å². The van der Waals surface area contributed by atoms with Crippen LogP contribution < -0.4 is 14.4 Å². The highest BCUT2D eigenvalue weighted by atomic mass is 32.2. The molecule has 0 radical (unpaired) electrons. The molecule has 0 spiro atoms. The van der Waals surface area contributed by atoms with Gasteiger partial charge < -0.3 is 15.0 Å². The summed E-state index contributed by atoms with van der Waals surface area (Å²) in [6.45, 7) is 2.82. The van der Waals surface area contributed by atoms with E-state index in [0.717, 1.165) is 36.8 Å². The van der Waals surface area contributed by atoms with Crippen LogP contribution in [0, 0.1) is 0 Å². The lowest BCUT2D eigenvalue weighted by atomic mass is 9.94. The zero-order valence-electron chi connectivity index (χ0n) is 25.9. The quantitative estimate of drug-likeness (QED) is 0.235. The number of hydrogen-bond acceptors (Lipinski definition) is 5. The highest BCUT2D eigenvalue weighted by Crippen LogP contribution is 2.24. The van der Waals surface area contributed by atoms with E-state index in [1.54, 1.807) is 29.2 Å². The van der Waals surface area contributed by atoms with Gasteiger partial charge in [0.2, 0.25) is 21.8 Å². The second-order valence-electron chi connectivity index (χ2n) is 11.4. The first-order chi connectivity index (χ1) is 21.2. The normalized spacial score (nSPS) is 14.4. The lowest BCUT2D eigenvalue weighted by Gasteiger charge is -2.34. The Morgan fingerprint density at radius 3 is 2.09 bits per heavy atom. The summed E-state index contributed by atoms with van der Waals surface area (Å²) in [6, 6.07) is 25.8. The van der Waals surface area contributed by atoms with Crippen molar-refractivity contribution in [3.05, 3.63) is 96.1 Å². The Hall–Kier alpha value is -3.85. The van der Waals surface area contributed by atoms with Crippen LogP contribution >= 0.6 is 0 Å². The van der Waals surface area contributed by atoms with Crippen molar-refractivity contribution in [1.82, 2.24) is 10.2 Å². The second-order valence-corrected chi connectivity index (χ2v) is 13.3. The first-order valence-corrected chi connectivity index (χ1v) is 17.5. The van der Waals surface area contributed by atoms with Crippen LogP contribution in [0.1, 0.15) is 63.0 Å². The van der Waals surface area contributed by atoms with Crippen molar-refractivity contribution in [3.63, 3.8) is 0 Å². The molecule has 3 aromatic carbocycles. The van der Waals surface area contributed by atoms with Gasteiger partial charge in [0, 0.05) is 32.0 Å². The molecule has 1 N–H and O–H groups in total. The number of ether oxygens (including phenoxy) is 1. The topological polar surface area (TPSA) is 96.0 Å². The monoisotopic (exact) mass is 619 g/mol. The lowest BCUT2D eigenvalue weighted by Crippen LogP contribution is -2.52. The molecule has 0 bridgehead atoms. The molecule has 0 heterocycles. The first-order valence-electron chi connectivity index (χ1n) is 15.6. The number of nitrogens with zero attached hydrogens (tertiary/aromatic N) is 2.